The van der Waals surface area contributed by atoms with Crippen LogP contribution in [-0.4, -0.2) is 18.3 Å². The first-order valence-corrected chi connectivity index (χ1v) is 6.94. The Morgan fingerprint density at radius 2 is 2.40 bits per heavy atom. The normalized spacial score (nSPS) is 13.0. The maximum atomic E-state index is 8.85. The Morgan fingerprint density at radius 3 is 3.00 bits per heavy atom. The van der Waals surface area contributed by atoms with Crippen molar-refractivity contribution < 1.29 is 5.11 Å². The molecule has 2 N–H and O–H groups in total. The highest BCUT2D eigenvalue weighted by atomic mass is 79.9. The molecule has 0 aliphatic rings. The average Bonchev–Trinajstić information content (AvgIpc) is 2.63. The molecule has 1 unspecified atom stereocenters. The minimum atomic E-state index is 0.303. The van der Waals surface area contributed by atoms with Crippen molar-refractivity contribution in [2.75, 3.05) is 13.2 Å². The van der Waals surface area contributed by atoms with Gasteiger partial charge in [0.2, 0.25) is 0 Å². The summed E-state index contributed by atoms with van der Waals surface area (Å²) in [4.78, 5) is 0. The van der Waals surface area contributed by atoms with Crippen LogP contribution in [0, 0.1) is 5.92 Å². The second-order valence-electron chi connectivity index (χ2n) is 3.87. The van der Waals surface area contributed by atoms with Crippen molar-refractivity contribution in [3.05, 3.63) is 20.8 Å². The molecular weight excluding hydrogens is 274 g/mol. The molecule has 0 bridgehead atoms. The SMILES string of the molecule is CC(CO)CCCNCc1csc(Br)c1. The Balaban J connectivity index is 2.02. The van der Waals surface area contributed by atoms with Crippen molar-refractivity contribution in [3.63, 3.8) is 0 Å². The van der Waals surface area contributed by atoms with Crippen molar-refractivity contribution in [3.8, 4) is 0 Å². The number of hydrogen-bond acceptors (Lipinski definition) is 3. The molecule has 1 rings (SSSR count). The first kappa shape index (κ1) is 13.2. The molecule has 1 heterocycles. The van der Waals surface area contributed by atoms with E-state index < -0.39 is 0 Å². The van der Waals surface area contributed by atoms with Gasteiger partial charge in [-0.1, -0.05) is 6.92 Å². The van der Waals surface area contributed by atoms with Gasteiger partial charge in [-0.15, -0.1) is 11.3 Å². The van der Waals surface area contributed by atoms with Crippen molar-refractivity contribution in [1.82, 2.24) is 5.32 Å². The van der Waals surface area contributed by atoms with Crippen LogP contribution in [0.15, 0.2) is 15.2 Å². The molecule has 0 amide bonds. The lowest BCUT2D eigenvalue weighted by Gasteiger charge is -2.07. The summed E-state index contributed by atoms with van der Waals surface area (Å²) in [5.74, 6) is 0.432. The standard InChI is InChI=1S/C11H18BrNOS/c1-9(7-14)3-2-4-13-6-10-5-11(12)15-8-10/h5,8-9,13-14H,2-4,6-7H2,1H3. The average molecular weight is 292 g/mol. The zero-order valence-electron chi connectivity index (χ0n) is 9.00. The summed E-state index contributed by atoms with van der Waals surface area (Å²) < 4.78 is 1.19. The number of thiophene rings is 1. The highest BCUT2D eigenvalue weighted by molar-refractivity contribution is 9.11. The largest absolute Gasteiger partial charge is 0.396 e. The molecule has 0 saturated carbocycles. The van der Waals surface area contributed by atoms with E-state index in [-0.39, 0.29) is 0 Å². The maximum Gasteiger partial charge on any atom is 0.0701 e. The number of rotatable bonds is 7. The van der Waals surface area contributed by atoms with Gasteiger partial charge in [0.05, 0.1) is 3.79 Å². The Morgan fingerprint density at radius 1 is 1.60 bits per heavy atom. The topological polar surface area (TPSA) is 32.3 Å². The van der Waals surface area contributed by atoms with Gasteiger partial charge in [-0.05, 0) is 58.2 Å². The van der Waals surface area contributed by atoms with E-state index >= 15 is 0 Å². The van der Waals surface area contributed by atoms with Gasteiger partial charge in [0.15, 0.2) is 0 Å². The number of halogens is 1. The summed E-state index contributed by atoms with van der Waals surface area (Å²) in [6, 6.07) is 2.15. The molecule has 2 nitrogen and oxygen atoms in total. The van der Waals surface area contributed by atoms with Crippen molar-refractivity contribution >= 4 is 27.3 Å². The zero-order valence-corrected chi connectivity index (χ0v) is 11.4. The molecule has 4 heteroatoms. The molecule has 0 saturated heterocycles. The van der Waals surface area contributed by atoms with Gasteiger partial charge in [0, 0.05) is 13.2 Å². The van der Waals surface area contributed by atoms with Crippen LogP contribution >= 0.6 is 27.3 Å². The van der Waals surface area contributed by atoms with Gasteiger partial charge in [-0.25, -0.2) is 0 Å². The van der Waals surface area contributed by atoms with Gasteiger partial charge in [0.25, 0.3) is 0 Å². The van der Waals surface area contributed by atoms with Gasteiger partial charge in [-0.3, -0.25) is 0 Å². The van der Waals surface area contributed by atoms with Crippen LogP contribution in [0.4, 0.5) is 0 Å². The third kappa shape index (κ3) is 5.66. The van der Waals surface area contributed by atoms with Gasteiger partial charge in [0.1, 0.15) is 0 Å². The molecule has 0 radical (unpaired) electrons. The van der Waals surface area contributed by atoms with E-state index in [0.29, 0.717) is 12.5 Å². The van der Waals surface area contributed by atoms with Crippen LogP contribution in [0.3, 0.4) is 0 Å². The van der Waals surface area contributed by atoms with Crippen molar-refractivity contribution in [2.24, 2.45) is 5.92 Å². The molecule has 0 aliphatic carbocycles. The van der Waals surface area contributed by atoms with E-state index in [2.05, 4.69) is 39.6 Å². The fourth-order valence-electron chi connectivity index (χ4n) is 1.34. The highest BCUT2D eigenvalue weighted by Crippen LogP contribution is 2.20. The van der Waals surface area contributed by atoms with E-state index in [4.69, 9.17) is 5.11 Å². The summed E-state index contributed by atoms with van der Waals surface area (Å²) in [5, 5.41) is 14.4. The molecule has 1 aromatic rings. The van der Waals surface area contributed by atoms with Gasteiger partial charge in [-0.2, -0.15) is 0 Å². The second-order valence-corrected chi connectivity index (χ2v) is 6.16. The Hall–Kier alpha value is 0.100. The van der Waals surface area contributed by atoms with Crippen molar-refractivity contribution in [1.29, 1.82) is 0 Å². The second kappa shape index (κ2) is 7.39. The van der Waals surface area contributed by atoms with Crippen LogP contribution in [-0.2, 0) is 6.54 Å². The first-order valence-electron chi connectivity index (χ1n) is 5.27. The smallest absolute Gasteiger partial charge is 0.0701 e. The Kier molecular flexibility index (Phi) is 6.48. The summed E-state index contributed by atoms with van der Waals surface area (Å²) >= 11 is 5.17. The fraction of sp³-hybridized carbons (Fsp3) is 0.636. The maximum absolute atomic E-state index is 8.85. The lowest BCUT2D eigenvalue weighted by Crippen LogP contribution is -2.15. The lowest BCUT2D eigenvalue weighted by atomic mass is 10.1. The van der Waals surface area contributed by atoms with E-state index in [1.165, 1.54) is 9.35 Å². The van der Waals surface area contributed by atoms with Crippen LogP contribution in [0.25, 0.3) is 0 Å². The molecule has 15 heavy (non-hydrogen) atoms. The molecule has 0 fully saturated rings. The number of aliphatic hydroxyl groups excluding tert-OH is 1. The van der Waals surface area contributed by atoms with Crippen LogP contribution in [0.2, 0.25) is 0 Å². The lowest BCUT2D eigenvalue weighted by molar-refractivity contribution is 0.228. The number of aliphatic hydroxyl groups is 1. The predicted octanol–water partition coefficient (Wildman–Crippen LogP) is 3.01. The monoisotopic (exact) mass is 291 g/mol. The van der Waals surface area contributed by atoms with Crippen LogP contribution < -0.4 is 5.32 Å². The summed E-state index contributed by atoms with van der Waals surface area (Å²) in [6.07, 6.45) is 2.23. The minimum absolute atomic E-state index is 0.303. The molecular formula is C11H18BrNOS. The summed E-state index contributed by atoms with van der Waals surface area (Å²) in [6.45, 7) is 4.35. The zero-order chi connectivity index (χ0) is 11.1. The third-order valence-electron chi connectivity index (χ3n) is 2.31. The fourth-order valence-corrected chi connectivity index (χ4v) is 2.55. The molecule has 1 aromatic heterocycles. The molecule has 0 spiro atoms. The van der Waals surface area contributed by atoms with Gasteiger partial charge < -0.3 is 10.4 Å². The molecule has 1 atom stereocenters. The predicted molar refractivity (Wildman–Crippen MR) is 69.2 cm³/mol. The molecule has 0 aromatic carbocycles. The molecule has 0 aliphatic heterocycles. The third-order valence-corrected chi connectivity index (χ3v) is 3.87. The quantitative estimate of drug-likeness (QED) is 0.757. The van der Waals surface area contributed by atoms with E-state index in [1.807, 2.05) is 0 Å². The van der Waals surface area contributed by atoms with Crippen LogP contribution in [0.1, 0.15) is 25.3 Å². The highest BCUT2D eigenvalue weighted by Gasteiger charge is 1.99. The number of nitrogens with one attached hydrogen (secondary N) is 1. The minimum Gasteiger partial charge on any atom is -0.396 e. The summed E-state index contributed by atoms with van der Waals surface area (Å²) in [5.41, 5.74) is 1.34. The van der Waals surface area contributed by atoms with E-state index in [0.717, 1.165) is 25.9 Å². The molecule has 86 valence electrons. The Labute approximate surface area is 104 Å². The van der Waals surface area contributed by atoms with Crippen molar-refractivity contribution in [2.45, 2.75) is 26.3 Å². The first-order chi connectivity index (χ1) is 7.22. The number of hydrogen-bond donors (Lipinski definition) is 2. The van der Waals surface area contributed by atoms with Gasteiger partial charge >= 0.3 is 0 Å². The van der Waals surface area contributed by atoms with E-state index in [9.17, 15) is 0 Å². The Bertz CT molecular complexity index is 277. The summed E-state index contributed by atoms with van der Waals surface area (Å²) in [7, 11) is 0. The van der Waals surface area contributed by atoms with Crippen LogP contribution in [0.5, 0.6) is 0 Å². The van der Waals surface area contributed by atoms with E-state index in [1.54, 1.807) is 11.3 Å².